The van der Waals surface area contributed by atoms with E-state index in [1.54, 1.807) is 29.7 Å². The highest BCUT2D eigenvalue weighted by atomic mass is 32.1. The average Bonchev–Trinajstić information content (AvgIpc) is 3.13. The van der Waals surface area contributed by atoms with Crippen molar-refractivity contribution in [2.45, 2.75) is 6.92 Å². The molecule has 2 aromatic carbocycles. The van der Waals surface area contributed by atoms with Gasteiger partial charge in [0.05, 0.1) is 0 Å². The molecular formula is C21H18N4OS. The fraction of sp³-hybridized carbons (Fsp3) is 0.0952. The Kier molecular flexibility index (Phi) is 4.56. The first-order chi connectivity index (χ1) is 13.2. The van der Waals surface area contributed by atoms with E-state index in [1.807, 2.05) is 56.4 Å². The Morgan fingerprint density at radius 2 is 1.85 bits per heavy atom. The summed E-state index contributed by atoms with van der Waals surface area (Å²) in [6, 6.07) is 17.1. The van der Waals surface area contributed by atoms with Crippen LogP contribution in [0.2, 0.25) is 0 Å². The third-order valence-corrected chi connectivity index (χ3v) is 5.43. The van der Waals surface area contributed by atoms with E-state index < -0.39 is 0 Å². The lowest BCUT2D eigenvalue weighted by Gasteiger charge is -2.11. The Bertz CT molecular complexity index is 1090. The van der Waals surface area contributed by atoms with Crippen molar-refractivity contribution in [1.82, 2.24) is 9.97 Å². The van der Waals surface area contributed by atoms with Crippen LogP contribution in [-0.2, 0) is 0 Å². The molecule has 0 atom stereocenters. The van der Waals surface area contributed by atoms with Gasteiger partial charge in [0.25, 0.3) is 5.91 Å². The van der Waals surface area contributed by atoms with Gasteiger partial charge in [0, 0.05) is 35.7 Å². The van der Waals surface area contributed by atoms with Crippen LogP contribution in [0.1, 0.15) is 15.9 Å². The second kappa shape index (κ2) is 7.17. The number of nitrogens with zero attached hydrogens (tertiary/aromatic N) is 2. The van der Waals surface area contributed by atoms with Crippen LogP contribution in [0.15, 0.2) is 60.8 Å². The lowest BCUT2D eigenvalue weighted by Crippen LogP contribution is -2.13. The van der Waals surface area contributed by atoms with Gasteiger partial charge in [0.2, 0.25) is 0 Å². The molecule has 4 rings (SSSR count). The standard InChI is InChI=1S/C21H18N4OS/c1-13-16(20-25-18-7-4-12-23-21(18)27-20)5-3-6-17(13)24-19(26)14-8-10-15(22-2)11-9-14/h3-12,22H,1-2H3,(H,24,26). The Balaban J connectivity index is 1.64. The second-order valence-electron chi connectivity index (χ2n) is 6.11. The monoisotopic (exact) mass is 374 g/mol. The number of hydrogen-bond donors (Lipinski definition) is 2. The highest BCUT2D eigenvalue weighted by Gasteiger charge is 2.13. The molecular weight excluding hydrogens is 356 g/mol. The number of carbonyl (C=O) groups is 1. The van der Waals surface area contributed by atoms with E-state index >= 15 is 0 Å². The van der Waals surface area contributed by atoms with E-state index in [1.165, 1.54) is 0 Å². The maximum atomic E-state index is 12.6. The van der Waals surface area contributed by atoms with Crippen molar-refractivity contribution in [2.24, 2.45) is 0 Å². The number of pyridine rings is 1. The van der Waals surface area contributed by atoms with Crippen LogP contribution in [0.25, 0.3) is 20.9 Å². The van der Waals surface area contributed by atoms with Gasteiger partial charge in [-0.05, 0) is 55.0 Å². The van der Waals surface area contributed by atoms with Gasteiger partial charge in [0.1, 0.15) is 15.4 Å². The molecule has 1 amide bonds. The molecule has 0 aliphatic heterocycles. The minimum Gasteiger partial charge on any atom is -0.388 e. The smallest absolute Gasteiger partial charge is 0.255 e. The number of amides is 1. The number of hydrogen-bond acceptors (Lipinski definition) is 5. The first kappa shape index (κ1) is 17.2. The molecule has 6 heteroatoms. The molecule has 0 bridgehead atoms. The molecule has 2 aromatic heterocycles. The summed E-state index contributed by atoms with van der Waals surface area (Å²) < 4.78 is 0. The van der Waals surface area contributed by atoms with E-state index in [0.29, 0.717) is 5.56 Å². The van der Waals surface area contributed by atoms with Crippen molar-refractivity contribution in [3.63, 3.8) is 0 Å². The zero-order valence-electron chi connectivity index (χ0n) is 15.0. The van der Waals surface area contributed by atoms with Crippen LogP contribution in [0.4, 0.5) is 11.4 Å². The Labute approximate surface area is 161 Å². The van der Waals surface area contributed by atoms with Crippen LogP contribution in [0.5, 0.6) is 0 Å². The quantitative estimate of drug-likeness (QED) is 0.530. The summed E-state index contributed by atoms with van der Waals surface area (Å²) in [4.78, 5) is 22.5. The van der Waals surface area contributed by atoms with Crippen molar-refractivity contribution in [1.29, 1.82) is 0 Å². The van der Waals surface area contributed by atoms with E-state index in [2.05, 4.69) is 20.6 Å². The minimum absolute atomic E-state index is 0.135. The molecule has 0 radical (unpaired) electrons. The van der Waals surface area contributed by atoms with Crippen molar-refractivity contribution in [3.8, 4) is 10.6 Å². The number of fused-ring (bicyclic) bond motifs is 1. The summed E-state index contributed by atoms with van der Waals surface area (Å²) >= 11 is 1.55. The maximum absolute atomic E-state index is 12.6. The predicted molar refractivity (Wildman–Crippen MR) is 112 cm³/mol. The van der Waals surface area contributed by atoms with E-state index in [0.717, 1.165) is 37.9 Å². The zero-order valence-corrected chi connectivity index (χ0v) is 15.8. The summed E-state index contributed by atoms with van der Waals surface area (Å²) in [5.74, 6) is -0.135. The molecule has 0 saturated carbocycles. The highest BCUT2D eigenvalue weighted by Crippen LogP contribution is 2.33. The SMILES string of the molecule is CNc1ccc(C(=O)Nc2cccc(-c3nc4cccnc4s3)c2C)cc1. The summed E-state index contributed by atoms with van der Waals surface area (Å²) in [5, 5.41) is 6.95. The maximum Gasteiger partial charge on any atom is 0.255 e. The molecule has 4 aromatic rings. The van der Waals surface area contributed by atoms with E-state index in [-0.39, 0.29) is 5.91 Å². The molecule has 0 aliphatic rings. The number of thiazole rings is 1. The van der Waals surface area contributed by atoms with Gasteiger partial charge in [-0.1, -0.05) is 23.5 Å². The lowest BCUT2D eigenvalue weighted by molar-refractivity contribution is 0.102. The Hall–Kier alpha value is -3.25. The molecule has 5 nitrogen and oxygen atoms in total. The van der Waals surface area contributed by atoms with Gasteiger partial charge in [0.15, 0.2) is 0 Å². The van der Waals surface area contributed by atoms with Gasteiger partial charge in [-0.15, -0.1) is 0 Å². The minimum atomic E-state index is -0.135. The Morgan fingerprint density at radius 3 is 2.59 bits per heavy atom. The molecule has 0 spiro atoms. The van der Waals surface area contributed by atoms with Crippen molar-refractivity contribution in [2.75, 3.05) is 17.7 Å². The Morgan fingerprint density at radius 1 is 1.04 bits per heavy atom. The second-order valence-corrected chi connectivity index (χ2v) is 7.08. The van der Waals surface area contributed by atoms with Crippen LogP contribution >= 0.6 is 11.3 Å². The third-order valence-electron chi connectivity index (χ3n) is 4.41. The molecule has 2 heterocycles. The molecule has 134 valence electrons. The molecule has 0 saturated heterocycles. The third kappa shape index (κ3) is 3.39. The fourth-order valence-corrected chi connectivity index (χ4v) is 3.86. The van der Waals surface area contributed by atoms with Gasteiger partial charge in [-0.3, -0.25) is 4.79 Å². The fourth-order valence-electron chi connectivity index (χ4n) is 2.87. The number of benzene rings is 2. The zero-order chi connectivity index (χ0) is 18.8. The number of rotatable bonds is 4. The van der Waals surface area contributed by atoms with Gasteiger partial charge < -0.3 is 10.6 Å². The molecule has 0 unspecified atom stereocenters. The molecule has 0 fully saturated rings. The van der Waals surface area contributed by atoms with Crippen molar-refractivity contribution < 1.29 is 4.79 Å². The topological polar surface area (TPSA) is 66.9 Å². The van der Waals surface area contributed by atoms with Gasteiger partial charge in [-0.25, -0.2) is 9.97 Å². The molecule has 0 aliphatic carbocycles. The van der Waals surface area contributed by atoms with Crippen LogP contribution in [0, 0.1) is 6.92 Å². The summed E-state index contributed by atoms with van der Waals surface area (Å²) in [6.45, 7) is 1.99. The number of aromatic nitrogens is 2. The van der Waals surface area contributed by atoms with Crippen LogP contribution < -0.4 is 10.6 Å². The lowest BCUT2D eigenvalue weighted by atomic mass is 10.1. The summed E-state index contributed by atoms with van der Waals surface area (Å²) in [7, 11) is 1.85. The van der Waals surface area contributed by atoms with Crippen molar-refractivity contribution >= 4 is 39.0 Å². The van der Waals surface area contributed by atoms with Crippen LogP contribution in [0.3, 0.4) is 0 Å². The number of carbonyl (C=O) groups excluding carboxylic acids is 1. The summed E-state index contributed by atoms with van der Waals surface area (Å²) in [6.07, 6.45) is 1.77. The average molecular weight is 374 g/mol. The summed E-state index contributed by atoms with van der Waals surface area (Å²) in [5.41, 5.74) is 5.23. The first-order valence-corrected chi connectivity index (χ1v) is 9.38. The van der Waals surface area contributed by atoms with Crippen molar-refractivity contribution in [3.05, 3.63) is 71.9 Å². The number of anilines is 2. The van der Waals surface area contributed by atoms with E-state index in [4.69, 9.17) is 0 Å². The highest BCUT2D eigenvalue weighted by molar-refractivity contribution is 7.21. The van der Waals surface area contributed by atoms with E-state index in [9.17, 15) is 4.79 Å². The molecule has 27 heavy (non-hydrogen) atoms. The normalized spacial score (nSPS) is 10.7. The predicted octanol–water partition coefficient (Wildman–Crippen LogP) is 4.96. The van der Waals surface area contributed by atoms with Gasteiger partial charge in [-0.2, -0.15) is 0 Å². The largest absolute Gasteiger partial charge is 0.388 e. The molecule has 2 N–H and O–H groups in total. The van der Waals surface area contributed by atoms with Crippen LogP contribution in [-0.4, -0.2) is 22.9 Å². The number of nitrogens with one attached hydrogen (secondary N) is 2. The first-order valence-electron chi connectivity index (χ1n) is 8.56. The van der Waals surface area contributed by atoms with Gasteiger partial charge >= 0.3 is 0 Å².